The number of allylic oxidation sites excluding steroid dienone is 1. The highest BCUT2D eigenvalue weighted by Crippen LogP contribution is 2.45. The molecule has 5 aliphatic rings. The number of rotatable bonds is 11. The fourth-order valence-electron chi connectivity index (χ4n) is 8.35. The molecule has 2 amide bonds. The van der Waals surface area contributed by atoms with Crippen molar-refractivity contribution in [2.75, 3.05) is 20.2 Å². The van der Waals surface area contributed by atoms with E-state index in [1.165, 1.54) is 4.90 Å². The zero-order chi connectivity index (χ0) is 36.5. The average Bonchev–Trinajstić information content (AvgIpc) is 3.74. The van der Waals surface area contributed by atoms with Gasteiger partial charge in [-0.3, -0.25) is 9.59 Å². The summed E-state index contributed by atoms with van der Waals surface area (Å²) in [6.45, 7) is -0.150. The maximum Gasteiger partial charge on any atom is 0.338 e. The molecular formula is C43H46N2O8. The minimum Gasteiger partial charge on any atom is -0.456 e. The van der Waals surface area contributed by atoms with Crippen LogP contribution in [0.1, 0.15) is 58.3 Å². The number of hydrogen-bond donors (Lipinski definition) is 2. The van der Waals surface area contributed by atoms with E-state index < -0.39 is 36.1 Å². The number of aliphatic hydroxyl groups excluding tert-OH is 1. The first-order valence-corrected chi connectivity index (χ1v) is 18.7. The molecule has 2 N–H and O–H groups in total. The molecule has 2 heterocycles. The van der Waals surface area contributed by atoms with Gasteiger partial charge in [0.2, 0.25) is 11.8 Å². The predicted octanol–water partition coefficient (Wildman–Crippen LogP) is 4.58. The highest BCUT2D eigenvalue weighted by molar-refractivity contribution is 5.97. The quantitative estimate of drug-likeness (QED) is 0.218. The number of nitrogens with one attached hydrogen (secondary N) is 1. The Hall–Kier alpha value is -4.61. The van der Waals surface area contributed by atoms with Gasteiger partial charge in [-0.05, 0) is 65.6 Å². The van der Waals surface area contributed by atoms with Crippen molar-refractivity contribution in [3.63, 3.8) is 0 Å². The topological polar surface area (TPSA) is 127 Å². The summed E-state index contributed by atoms with van der Waals surface area (Å²) in [6.07, 6.45) is 9.67. The van der Waals surface area contributed by atoms with E-state index in [0.29, 0.717) is 42.1 Å². The first kappa shape index (κ1) is 35.4. The van der Waals surface area contributed by atoms with Crippen molar-refractivity contribution in [3.05, 3.63) is 124 Å². The Morgan fingerprint density at radius 2 is 1.70 bits per heavy atom. The molecule has 2 aliphatic heterocycles. The van der Waals surface area contributed by atoms with Gasteiger partial charge in [0.15, 0.2) is 5.79 Å². The summed E-state index contributed by atoms with van der Waals surface area (Å²) >= 11 is 0. The van der Waals surface area contributed by atoms with E-state index in [1.54, 1.807) is 25.3 Å². The predicted molar refractivity (Wildman–Crippen MR) is 197 cm³/mol. The van der Waals surface area contributed by atoms with E-state index >= 15 is 0 Å². The van der Waals surface area contributed by atoms with Crippen LogP contribution in [0.4, 0.5) is 0 Å². The largest absolute Gasteiger partial charge is 0.456 e. The van der Waals surface area contributed by atoms with Crippen LogP contribution in [0.25, 0.3) is 6.08 Å². The van der Waals surface area contributed by atoms with Crippen LogP contribution in [0.15, 0.2) is 96.6 Å². The summed E-state index contributed by atoms with van der Waals surface area (Å²) in [4.78, 5) is 42.8. The van der Waals surface area contributed by atoms with Crippen LogP contribution < -0.4 is 5.32 Å². The molecular weight excluding hydrogens is 672 g/mol. The smallest absolute Gasteiger partial charge is 0.338 e. The fraction of sp³-hybridized carbons (Fsp3) is 0.419. The Labute approximate surface area is 309 Å². The third kappa shape index (κ3) is 7.73. The molecule has 3 aromatic rings. The molecule has 10 nitrogen and oxygen atoms in total. The summed E-state index contributed by atoms with van der Waals surface area (Å²) in [5.74, 6) is -1.70. The molecule has 0 aromatic heterocycles. The second kappa shape index (κ2) is 15.0. The molecule has 0 radical (unpaired) electrons. The van der Waals surface area contributed by atoms with Gasteiger partial charge in [-0.25, -0.2) is 4.79 Å². The highest BCUT2D eigenvalue weighted by Gasteiger charge is 2.55. The maximum absolute atomic E-state index is 14.3. The normalized spacial score (nSPS) is 26.9. The van der Waals surface area contributed by atoms with Crippen molar-refractivity contribution in [2.24, 2.45) is 5.92 Å². The minimum absolute atomic E-state index is 0.0697. The summed E-state index contributed by atoms with van der Waals surface area (Å²) < 4.78 is 25.2. The summed E-state index contributed by atoms with van der Waals surface area (Å²) in [5, 5.41) is 12.1. The van der Waals surface area contributed by atoms with Crippen molar-refractivity contribution in [1.82, 2.24) is 10.2 Å². The van der Waals surface area contributed by atoms with Gasteiger partial charge in [-0.1, -0.05) is 78.9 Å². The monoisotopic (exact) mass is 718 g/mol. The van der Waals surface area contributed by atoms with Gasteiger partial charge < -0.3 is 34.3 Å². The third-order valence-electron chi connectivity index (χ3n) is 11.3. The Morgan fingerprint density at radius 3 is 2.42 bits per heavy atom. The lowest BCUT2D eigenvalue weighted by atomic mass is 9.89. The van der Waals surface area contributed by atoms with Crippen molar-refractivity contribution >= 4 is 23.9 Å². The molecule has 0 bridgehead atoms. The zero-order valence-corrected chi connectivity index (χ0v) is 29.9. The molecule has 276 valence electrons. The van der Waals surface area contributed by atoms with E-state index in [1.807, 2.05) is 54.6 Å². The van der Waals surface area contributed by atoms with Crippen LogP contribution in [0, 0.1) is 5.92 Å². The number of nitrogens with zero attached hydrogens (tertiary/aromatic N) is 1. The molecule has 3 fully saturated rings. The number of carbonyl (C=O) groups excluding carboxylic acids is 3. The molecule has 1 spiro atoms. The molecule has 7 atom stereocenters. The second-order valence-corrected chi connectivity index (χ2v) is 14.9. The van der Waals surface area contributed by atoms with Crippen LogP contribution in [0.5, 0.6) is 0 Å². The van der Waals surface area contributed by atoms with Crippen LogP contribution in [0.3, 0.4) is 0 Å². The standard InChI is InChI=1S/C43H46N2O8/c1-45(34(40(47)44-19-20-46)21-28-7-3-2-4-8-28)41(48)33-23-37(39-38(24-33)52-43(53-39)25-31-9-5-6-10-32(31)26-43)51-42(49)30-16-13-27(14-17-30)11-12-29-15-18-35-36(22-29)50-35/h2-14,16-17,24,29,34-39,46H,15,18-23,25-26H2,1H3,(H,44,47)/t29?,34-,35?,36?,37-,38-,39+/m1/s1. The van der Waals surface area contributed by atoms with Gasteiger partial charge in [0.05, 0.1) is 24.4 Å². The number of esters is 1. The van der Waals surface area contributed by atoms with E-state index in [2.05, 4.69) is 29.6 Å². The minimum atomic E-state index is -0.941. The van der Waals surface area contributed by atoms with Gasteiger partial charge in [-0.2, -0.15) is 0 Å². The second-order valence-electron chi connectivity index (χ2n) is 14.9. The highest BCUT2D eigenvalue weighted by atomic mass is 16.8. The molecule has 3 aliphatic carbocycles. The van der Waals surface area contributed by atoms with E-state index in [0.717, 1.165) is 41.5 Å². The van der Waals surface area contributed by atoms with Crippen molar-refractivity contribution in [1.29, 1.82) is 0 Å². The van der Waals surface area contributed by atoms with Gasteiger partial charge in [0, 0.05) is 44.8 Å². The molecule has 10 heteroatoms. The van der Waals surface area contributed by atoms with Gasteiger partial charge in [-0.15, -0.1) is 0 Å². The Balaban J connectivity index is 1.01. The summed E-state index contributed by atoms with van der Waals surface area (Å²) in [5.41, 5.74) is 4.94. The molecule has 3 aromatic carbocycles. The number of hydrogen-bond acceptors (Lipinski definition) is 8. The molecule has 8 rings (SSSR count). The van der Waals surface area contributed by atoms with Crippen LogP contribution >= 0.6 is 0 Å². The number of aliphatic hydroxyl groups is 1. The zero-order valence-electron chi connectivity index (χ0n) is 29.9. The molecule has 2 saturated heterocycles. The first-order valence-electron chi connectivity index (χ1n) is 18.7. The lowest BCUT2D eigenvalue weighted by molar-refractivity contribution is -0.172. The van der Waals surface area contributed by atoms with Crippen LogP contribution in [-0.2, 0) is 47.8 Å². The Morgan fingerprint density at radius 1 is 0.962 bits per heavy atom. The maximum atomic E-state index is 14.3. The van der Waals surface area contributed by atoms with Crippen molar-refractivity contribution < 1.29 is 38.4 Å². The van der Waals surface area contributed by atoms with Crippen molar-refractivity contribution in [2.45, 2.75) is 87.3 Å². The number of likely N-dealkylation sites (N-methyl/N-ethyl adjacent to an activating group) is 1. The van der Waals surface area contributed by atoms with E-state index in [-0.39, 0.29) is 37.8 Å². The number of fused-ring (bicyclic) bond motifs is 3. The number of amides is 2. The number of benzene rings is 3. The number of carbonyl (C=O) groups is 3. The average molecular weight is 719 g/mol. The van der Waals surface area contributed by atoms with E-state index in [4.69, 9.17) is 18.9 Å². The van der Waals surface area contributed by atoms with E-state index in [9.17, 15) is 19.5 Å². The first-order chi connectivity index (χ1) is 25.8. The lowest BCUT2D eigenvalue weighted by Crippen LogP contribution is -2.51. The summed E-state index contributed by atoms with van der Waals surface area (Å²) in [7, 11) is 1.60. The van der Waals surface area contributed by atoms with Crippen LogP contribution in [0.2, 0.25) is 0 Å². The molecule has 53 heavy (non-hydrogen) atoms. The van der Waals surface area contributed by atoms with Gasteiger partial charge in [0.1, 0.15) is 24.4 Å². The third-order valence-corrected chi connectivity index (χ3v) is 11.3. The van der Waals surface area contributed by atoms with Crippen molar-refractivity contribution in [3.8, 4) is 0 Å². The van der Waals surface area contributed by atoms with Gasteiger partial charge in [0.25, 0.3) is 0 Å². The van der Waals surface area contributed by atoms with Gasteiger partial charge >= 0.3 is 5.97 Å². The van der Waals surface area contributed by atoms with Crippen LogP contribution in [-0.4, -0.2) is 90.3 Å². The summed E-state index contributed by atoms with van der Waals surface area (Å²) in [6, 6.07) is 24.1. The fourth-order valence-corrected chi connectivity index (χ4v) is 8.35. The Bertz CT molecular complexity index is 1870. The number of epoxide rings is 1. The molecule has 1 saturated carbocycles. The Kier molecular flexibility index (Phi) is 10.0. The SMILES string of the molecule is CN(C(=O)C1=C[C@H]2OC3(Cc4ccccc4C3)O[C@H]2[C@H](OC(=O)c2ccc(C=CC3CCC4OC4C3)cc2)C1)[C@H](Cc1ccccc1)C(=O)NCCO. The molecule has 3 unspecified atom stereocenters. The lowest BCUT2D eigenvalue weighted by Gasteiger charge is -2.33. The number of ether oxygens (including phenoxy) is 4.